The molecule has 0 atom stereocenters. The van der Waals surface area contributed by atoms with Gasteiger partial charge in [-0.05, 0) is 41.9 Å². The molecule has 3 rings (SSSR count). The Kier molecular flexibility index (Phi) is 4.12. The minimum Gasteiger partial charge on any atom is -0.269 e. The van der Waals surface area contributed by atoms with Crippen LogP contribution in [0.3, 0.4) is 0 Å². The topological polar surface area (TPSA) is 42.1 Å². The Morgan fingerprint density at radius 3 is 2.95 bits per heavy atom. The van der Waals surface area contributed by atoms with E-state index in [0.29, 0.717) is 0 Å². The number of benzene rings is 1. The summed E-state index contributed by atoms with van der Waals surface area (Å²) in [5.74, 6) is 8.13. The highest BCUT2D eigenvalue weighted by Crippen LogP contribution is 2.34. The lowest BCUT2D eigenvalue weighted by Crippen LogP contribution is -2.25. The fraction of sp³-hybridized carbons (Fsp3) is 0.400. The molecule has 0 fully saturated rings. The lowest BCUT2D eigenvalue weighted by molar-refractivity contribution is 0.343. The van der Waals surface area contributed by atoms with Crippen LogP contribution in [0.4, 0.5) is 0 Å². The van der Waals surface area contributed by atoms with Gasteiger partial charge in [0.1, 0.15) is 5.01 Å². The molecule has 0 bridgehead atoms. The second kappa shape index (κ2) is 5.85. The van der Waals surface area contributed by atoms with Gasteiger partial charge in [-0.1, -0.05) is 12.1 Å². The number of rotatable bonds is 3. The SMILES string of the molecule is Cc1cc(CN(C)N)c2nc(C3=CCSCC3)sc2c1. The third kappa shape index (κ3) is 2.91. The van der Waals surface area contributed by atoms with Crippen LogP contribution in [-0.2, 0) is 6.54 Å². The largest absolute Gasteiger partial charge is 0.269 e. The first-order valence-electron chi connectivity index (χ1n) is 6.76. The Morgan fingerprint density at radius 1 is 1.40 bits per heavy atom. The number of fused-ring (bicyclic) bond motifs is 1. The second-order valence-corrected chi connectivity index (χ2v) is 7.44. The molecule has 1 aliphatic rings. The summed E-state index contributed by atoms with van der Waals surface area (Å²) in [7, 11) is 1.89. The van der Waals surface area contributed by atoms with Gasteiger partial charge in [0, 0.05) is 19.3 Å². The van der Waals surface area contributed by atoms with Gasteiger partial charge in [-0.3, -0.25) is 5.84 Å². The van der Waals surface area contributed by atoms with E-state index in [4.69, 9.17) is 10.8 Å². The molecule has 1 aromatic carbocycles. The summed E-state index contributed by atoms with van der Waals surface area (Å²) in [5.41, 5.74) is 5.03. The molecule has 2 N–H and O–H groups in total. The van der Waals surface area contributed by atoms with Crippen molar-refractivity contribution in [3.8, 4) is 0 Å². The van der Waals surface area contributed by atoms with Crippen molar-refractivity contribution in [3.63, 3.8) is 0 Å². The first kappa shape index (κ1) is 14.1. The monoisotopic (exact) mass is 305 g/mol. The zero-order chi connectivity index (χ0) is 14.1. The van der Waals surface area contributed by atoms with Gasteiger partial charge in [0.2, 0.25) is 0 Å². The number of thioether (sulfide) groups is 1. The lowest BCUT2D eigenvalue weighted by atomic mass is 10.1. The Morgan fingerprint density at radius 2 is 2.25 bits per heavy atom. The number of hydrazine groups is 1. The van der Waals surface area contributed by atoms with E-state index in [1.165, 1.54) is 32.2 Å². The summed E-state index contributed by atoms with van der Waals surface area (Å²) in [6.07, 6.45) is 3.46. The summed E-state index contributed by atoms with van der Waals surface area (Å²) in [6, 6.07) is 4.43. The average molecular weight is 305 g/mol. The first-order chi connectivity index (χ1) is 9.63. The van der Waals surface area contributed by atoms with Gasteiger partial charge in [0.25, 0.3) is 0 Å². The van der Waals surface area contributed by atoms with Crippen LogP contribution in [0, 0.1) is 6.92 Å². The molecule has 1 aliphatic heterocycles. The molecular weight excluding hydrogens is 286 g/mol. The maximum absolute atomic E-state index is 5.81. The minimum absolute atomic E-state index is 0.732. The predicted octanol–water partition coefficient (Wildman–Crippen LogP) is 3.43. The average Bonchev–Trinajstić information content (AvgIpc) is 2.83. The van der Waals surface area contributed by atoms with E-state index in [-0.39, 0.29) is 0 Å². The number of allylic oxidation sites excluding steroid dienone is 1. The summed E-state index contributed by atoms with van der Waals surface area (Å²) in [6.45, 7) is 2.87. The first-order valence-corrected chi connectivity index (χ1v) is 8.73. The molecule has 0 saturated carbocycles. The van der Waals surface area contributed by atoms with E-state index in [1.54, 1.807) is 5.01 Å². The normalized spacial score (nSPS) is 15.9. The summed E-state index contributed by atoms with van der Waals surface area (Å²) < 4.78 is 1.27. The van der Waals surface area contributed by atoms with Crippen molar-refractivity contribution in [1.82, 2.24) is 9.99 Å². The minimum atomic E-state index is 0.732. The van der Waals surface area contributed by atoms with Gasteiger partial charge in [0.05, 0.1) is 10.2 Å². The van der Waals surface area contributed by atoms with Gasteiger partial charge in [-0.15, -0.1) is 11.3 Å². The summed E-state index contributed by atoms with van der Waals surface area (Å²) in [4.78, 5) is 4.89. The Balaban J connectivity index is 2.07. The van der Waals surface area contributed by atoms with Gasteiger partial charge in [-0.2, -0.15) is 11.8 Å². The fourth-order valence-corrected chi connectivity index (χ4v) is 4.53. The number of nitrogens with zero attached hydrogens (tertiary/aromatic N) is 2. The second-order valence-electron chi connectivity index (χ2n) is 5.26. The fourth-order valence-electron chi connectivity index (χ4n) is 2.50. The number of hydrogen-bond donors (Lipinski definition) is 1. The predicted molar refractivity (Wildman–Crippen MR) is 89.9 cm³/mol. The van der Waals surface area contributed by atoms with Crippen LogP contribution < -0.4 is 5.84 Å². The van der Waals surface area contributed by atoms with Crippen LogP contribution in [0.1, 0.15) is 22.6 Å². The molecule has 5 heteroatoms. The Labute approximate surface area is 127 Å². The highest BCUT2D eigenvalue weighted by atomic mass is 32.2. The maximum Gasteiger partial charge on any atom is 0.120 e. The quantitative estimate of drug-likeness (QED) is 0.697. The summed E-state index contributed by atoms with van der Waals surface area (Å²) >= 11 is 3.80. The van der Waals surface area contributed by atoms with Crippen LogP contribution in [0.15, 0.2) is 18.2 Å². The van der Waals surface area contributed by atoms with Crippen molar-refractivity contribution in [2.24, 2.45) is 5.84 Å². The Hall–Kier alpha value is -0.880. The van der Waals surface area contributed by atoms with Gasteiger partial charge in [0.15, 0.2) is 0 Å². The highest BCUT2D eigenvalue weighted by molar-refractivity contribution is 7.99. The summed E-state index contributed by atoms with van der Waals surface area (Å²) in [5, 5.41) is 2.90. The third-order valence-corrected chi connectivity index (χ3v) is 5.35. The standard InChI is InChI=1S/C15H19N3S2/c1-10-7-12(9-18(2)16)14-13(8-10)20-15(17-14)11-3-5-19-6-4-11/h3,7-8H,4-6,9,16H2,1-2H3. The zero-order valence-corrected chi connectivity index (χ0v) is 13.5. The number of aromatic nitrogens is 1. The van der Waals surface area contributed by atoms with E-state index >= 15 is 0 Å². The van der Waals surface area contributed by atoms with Crippen molar-refractivity contribution in [3.05, 3.63) is 34.3 Å². The molecule has 0 aliphatic carbocycles. The molecule has 0 radical (unpaired) electrons. The molecule has 106 valence electrons. The van der Waals surface area contributed by atoms with Crippen molar-refractivity contribution in [2.75, 3.05) is 18.6 Å². The smallest absolute Gasteiger partial charge is 0.120 e. The number of nitrogens with two attached hydrogens (primary N) is 1. The van der Waals surface area contributed by atoms with Crippen molar-refractivity contribution in [2.45, 2.75) is 19.9 Å². The van der Waals surface area contributed by atoms with Crippen molar-refractivity contribution >= 4 is 38.9 Å². The van der Waals surface area contributed by atoms with Crippen molar-refractivity contribution in [1.29, 1.82) is 0 Å². The third-order valence-electron chi connectivity index (χ3n) is 3.38. The van der Waals surface area contributed by atoms with E-state index < -0.39 is 0 Å². The number of hydrogen-bond acceptors (Lipinski definition) is 5. The number of thiazole rings is 1. The molecule has 0 spiro atoms. The molecular formula is C15H19N3S2. The molecule has 3 nitrogen and oxygen atoms in total. The maximum atomic E-state index is 5.81. The molecule has 20 heavy (non-hydrogen) atoms. The molecule has 1 aromatic heterocycles. The zero-order valence-electron chi connectivity index (χ0n) is 11.8. The van der Waals surface area contributed by atoms with E-state index in [9.17, 15) is 0 Å². The number of aryl methyl sites for hydroxylation is 1. The van der Waals surface area contributed by atoms with Crippen LogP contribution in [0.5, 0.6) is 0 Å². The van der Waals surface area contributed by atoms with Crippen LogP contribution in [0.25, 0.3) is 15.8 Å². The molecule has 0 saturated heterocycles. The van der Waals surface area contributed by atoms with Gasteiger partial charge < -0.3 is 0 Å². The van der Waals surface area contributed by atoms with Crippen LogP contribution in [-0.4, -0.2) is 28.5 Å². The van der Waals surface area contributed by atoms with E-state index in [2.05, 4.69) is 25.1 Å². The van der Waals surface area contributed by atoms with Crippen molar-refractivity contribution < 1.29 is 0 Å². The van der Waals surface area contributed by atoms with Gasteiger partial charge in [-0.25, -0.2) is 9.99 Å². The van der Waals surface area contributed by atoms with Crippen LogP contribution >= 0.6 is 23.1 Å². The molecule has 0 unspecified atom stereocenters. The Bertz CT molecular complexity index is 658. The molecule has 2 heterocycles. The highest BCUT2D eigenvalue weighted by Gasteiger charge is 2.14. The lowest BCUT2D eigenvalue weighted by Gasteiger charge is -2.10. The van der Waals surface area contributed by atoms with Crippen LogP contribution in [0.2, 0.25) is 0 Å². The molecule has 2 aromatic rings. The molecule has 0 amide bonds. The van der Waals surface area contributed by atoms with E-state index in [0.717, 1.165) is 24.2 Å². The van der Waals surface area contributed by atoms with Gasteiger partial charge >= 0.3 is 0 Å². The van der Waals surface area contributed by atoms with E-state index in [1.807, 2.05) is 30.1 Å².